The summed E-state index contributed by atoms with van der Waals surface area (Å²) in [5, 5.41) is 0.640. The normalized spacial score (nSPS) is 13.2. The molecular weight excluding hydrogens is 274 g/mol. The van der Waals surface area contributed by atoms with Gasteiger partial charge < -0.3 is 15.2 Å². The quantitative estimate of drug-likeness (QED) is 0.861. The van der Waals surface area contributed by atoms with Crippen LogP contribution in [0.2, 0.25) is 5.02 Å². The number of nitrogens with two attached hydrogens (primary N) is 1. The van der Waals surface area contributed by atoms with Crippen molar-refractivity contribution in [2.45, 2.75) is 46.6 Å². The predicted octanol–water partition coefficient (Wildman–Crippen LogP) is 4.05. The van der Waals surface area contributed by atoms with Crippen molar-refractivity contribution in [1.82, 2.24) is 0 Å². The van der Waals surface area contributed by atoms with Crippen LogP contribution in [-0.4, -0.2) is 19.8 Å². The zero-order valence-electron chi connectivity index (χ0n) is 13.1. The zero-order valence-corrected chi connectivity index (χ0v) is 13.9. The van der Waals surface area contributed by atoms with Crippen molar-refractivity contribution in [3.63, 3.8) is 0 Å². The summed E-state index contributed by atoms with van der Waals surface area (Å²) < 4.78 is 11.3. The lowest BCUT2D eigenvalue weighted by Crippen LogP contribution is -2.19. The van der Waals surface area contributed by atoms with Crippen LogP contribution in [0.5, 0.6) is 11.5 Å². The molecule has 1 aromatic rings. The molecule has 0 aliphatic rings. The molecule has 0 aliphatic heterocycles. The van der Waals surface area contributed by atoms with Crippen molar-refractivity contribution in [3.05, 3.63) is 22.7 Å². The van der Waals surface area contributed by atoms with Gasteiger partial charge in [-0.2, -0.15) is 0 Å². The number of methoxy groups -OCH3 is 1. The van der Waals surface area contributed by atoms with E-state index in [0.29, 0.717) is 23.8 Å². The molecule has 114 valence electrons. The summed E-state index contributed by atoms with van der Waals surface area (Å²) in [5.74, 6) is 1.43. The molecule has 0 heterocycles. The maximum atomic E-state index is 6.11. The van der Waals surface area contributed by atoms with Crippen LogP contribution >= 0.6 is 11.6 Å². The maximum absolute atomic E-state index is 6.11. The molecule has 0 saturated carbocycles. The van der Waals surface area contributed by atoms with Gasteiger partial charge in [0.25, 0.3) is 0 Å². The number of halogens is 1. The molecule has 0 aromatic heterocycles. The summed E-state index contributed by atoms with van der Waals surface area (Å²) in [6, 6.07) is 3.72. The summed E-state index contributed by atoms with van der Waals surface area (Å²) in [5.41, 5.74) is 7.13. The Balaban J connectivity index is 2.95. The smallest absolute Gasteiger partial charge is 0.164 e. The van der Waals surface area contributed by atoms with Gasteiger partial charge in [-0.15, -0.1) is 0 Å². The summed E-state index contributed by atoms with van der Waals surface area (Å²) in [7, 11) is 1.62. The minimum atomic E-state index is 0.0446. The van der Waals surface area contributed by atoms with Gasteiger partial charge in [0.05, 0.1) is 13.7 Å². The molecule has 1 rings (SSSR count). The second-order valence-electron chi connectivity index (χ2n) is 6.44. The molecule has 0 radical (unpaired) electrons. The Kier molecular flexibility index (Phi) is 6.15. The minimum Gasteiger partial charge on any atom is -0.493 e. The largest absolute Gasteiger partial charge is 0.493 e. The number of rotatable bonds is 6. The Labute approximate surface area is 127 Å². The predicted molar refractivity (Wildman–Crippen MR) is 84.9 cm³/mol. The second kappa shape index (κ2) is 7.19. The second-order valence-corrected chi connectivity index (χ2v) is 6.87. The Morgan fingerprint density at radius 2 is 1.95 bits per heavy atom. The summed E-state index contributed by atoms with van der Waals surface area (Å²) in [6.07, 6.45) is 1.68. The summed E-state index contributed by atoms with van der Waals surface area (Å²) in [4.78, 5) is 0. The molecule has 20 heavy (non-hydrogen) atoms. The number of hydrogen-bond donors (Lipinski definition) is 1. The highest BCUT2D eigenvalue weighted by atomic mass is 35.5. The molecule has 1 unspecified atom stereocenters. The number of ether oxygens (including phenoxy) is 2. The van der Waals surface area contributed by atoms with E-state index < -0.39 is 0 Å². The molecule has 0 fully saturated rings. The third kappa shape index (κ3) is 5.59. The SMILES string of the molecule is COc1cc(Cl)cc(CC(C)N)c1OCCC(C)(C)C. The topological polar surface area (TPSA) is 44.5 Å². The van der Waals surface area contributed by atoms with Crippen molar-refractivity contribution in [2.24, 2.45) is 11.1 Å². The highest BCUT2D eigenvalue weighted by Crippen LogP contribution is 2.36. The first-order chi connectivity index (χ1) is 9.23. The molecule has 0 saturated heterocycles. The van der Waals surface area contributed by atoms with Crippen molar-refractivity contribution < 1.29 is 9.47 Å². The van der Waals surface area contributed by atoms with Crippen LogP contribution in [0.3, 0.4) is 0 Å². The lowest BCUT2D eigenvalue weighted by molar-refractivity contribution is 0.232. The van der Waals surface area contributed by atoms with Crippen LogP contribution in [0.15, 0.2) is 12.1 Å². The maximum Gasteiger partial charge on any atom is 0.164 e. The monoisotopic (exact) mass is 299 g/mol. The number of benzene rings is 1. The van der Waals surface area contributed by atoms with Crippen LogP contribution in [0.1, 0.15) is 39.7 Å². The van der Waals surface area contributed by atoms with E-state index in [0.717, 1.165) is 17.7 Å². The van der Waals surface area contributed by atoms with Gasteiger partial charge in [-0.3, -0.25) is 0 Å². The van der Waals surface area contributed by atoms with Gasteiger partial charge in [0.1, 0.15) is 0 Å². The fourth-order valence-corrected chi connectivity index (χ4v) is 2.13. The van der Waals surface area contributed by atoms with E-state index >= 15 is 0 Å². The van der Waals surface area contributed by atoms with E-state index in [1.165, 1.54) is 0 Å². The molecule has 0 amide bonds. The summed E-state index contributed by atoms with van der Waals surface area (Å²) >= 11 is 6.11. The first-order valence-electron chi connectivity index (χ1n) is 6.97. The van der Waals surface area contributed by atoms with Gasteiger partial charge in [0.2, 0.25) is 0 Å². The van der Waals surface area contributed by atoms with E-state index in [2.05, 4.69) is 20.8 Å². The van der Waals surface area contributed by atoms with Gasteiger partial charge in [-0.1, -0.05) is 32.4 Å². The molecule has 0 aliphatic carbocycles. The zero-order chi connectivity index (χ0) is 15.3. The highest BCUT2D eigenvalue weighted by molar-refractivity contribution is 6.30. The van der Waals surface area contributed by atoms with E-state index in [1.807, 2.05) is 13.0 Å². The number of hydrogen-bond acceptors (Lipinski definition) is 3. The Morgan fingerprint density at radius 1 is 1.30 bits per heavy atom. The molecule has 1 atom stereocenters. The molecular formula is C16H26ClNO2. The Bertz CT molecular complexity index is 439. The van der Waals surface area contributed by atoms with Crippen LogP contribution in [0, 0.1) is 5.41 Å². The third-order valence-corrected chi connectivity index (χ3v) is 3.18. The first-order valence-corrected chi connectivity index (χ1v) is 7.35. The van der Waals surface area contributed by atoms with E-state index in [9.17, 15) is 0 Å². The van der Waals surface area contributed by atoms with Gasteiger partial charge in [-0.25, -0.2) is 0 Å². The van der Waals surface area contributed by atoms with E-state index in [-0.39, 0.29) is 11.5 Å². The van der Waals surface area contributed by atoms with Gasteiger partial charge in [-0.05, 0) is 31.2 Å². The first kappa shape index (κ1) is 17.1. The van der Waals surface area contributed by atoms with Crippen LogP contribution in [0.25, 0.3) is 0 Å². The lowest BCUT2D eigenvalue weighted by atomic mass is 9.93. The van der Waals surface area contributed by atoms with Crippen LogP contribution in [-0.2, 0) is 6.42 Å². The van der Waals surface area contributed by atoms with Gasteiger partial charge in [0, 0.05) is 22.7 Å². The lowest BCUT2D eigenvalue weighted by Gasteiger charge is -2.21. The summed E-state index contributed by atoms with van der Waals surface area (Å²) in [6.45, 7) is 9.19. The van der Waals surface area contributed by atoms with E-state index in [4.69, 9.17) is 26.8 Å². The Morgan fingerprint density at radius 3 is 2.45 bits per heavy atom. The minimum absolute atomic E-state index is 0.0446. The molecule has 2 N–H and O–H groups in total. The standard InChI is InChI=1S/C16H26ClNO2/c1-11(18)8-12-9-13(17)10-14(19-5)15(12)20-7-6-16(2,3)4/h9-11H,6-8,18H2,1-5H3. The fourth-order valence-electron chi connectivity index (χ4n) is 1.90. The fraction of sp³-hybridized carbons (Fsp3) is 0.625. The average Bonchev–Trinajstić information content (AvgIpc) is 2.29. The molecule has 3 nitrogen and oxygen atoms in total. The highest BCUT2D eigenvalue weighted by Gasteiger charge is 2.16. The molecule has 1 aromatic carbocycles. The van der Waals surface area contributed by atoms with E-state index in [1.54, 1.807) is 13.2 Å². The van der Waals surface area contributed by atoms with Crippen molar-refractivity contribution in [2.75, 3.05) is 13.7 Å². The molecule has 0 spiro atoms. The van der Waals surface area contributed by atoms with Crippen LogP contribution in [0.4, 0.5) is 0 Å². The van der Waals surface area contributed by atoms with Gasteiger partial charge in [0.15, 0.2) is 11.5 Å². The van der Waals surface area contributed by atoms with Crippen LogP contribution < -0.4 is 15.2 Å². The molecule has 0 bridgehead atoms. The molecule has 4 heteroatoms. The third-order valence-electron chi connectivity index (χ3n) is 2.96. The van der Waals surface area contributed by atoms with Crippen molar-refractivity contribution in [3.8, 4) is 11.5 Å². The average molecular weight is 300 g/mol. The van der Waals surface area contributed by atoms with Gasteiger partial charge >= 0.3 is 0 Å². The van der Waals surface area contributed by atoms with Crippen molar-refractivity contribution in [1.29, 1.82) is 0 Å². The van der Waals surface area contributed by atoms with Crippen molar-refractivity contribution >= 4 is 11.6 Å². The Hall–Kier alpha value is -0.930.